The number of hydrogen-bond acceptors (Lipinski definition) is 3. The van der Waals surface area contributed by atoms with Gasteiger partial charge in [0.05, 0.1) is 13.2 Å². The Morgan fingerprint density at radius 2 is 1.90 bits per heavy atom. The molecule has 0 bridgehead atoms. The SMILES string of the molecule is COc1ccc([C@H]2CNC(=O)[C@@H](Cc3ccccc3Cl)C2)cc1OC1CCCC1. The zero-order chi connectivity index (χ0) is 20.2. The number of amides is 1. The predicted octanol–water partition coefficient (Wildman–Crippen LogP) is 5.13. The molecule has 2 fully saturated rings. The quantitative estimate of drug-likeness (QED) is 0.713. The second-order valence-corrected chi connectivity index (χ2v) is 8.51. The van der Waals surface area contributed by atoms with E-state index in [9.17, 15) is 4.79 Å². The predicted molar refractivity (Wildman–Crippen MR) is 115 cm³/mol. The average Bonchev–Trinajstić information content (AvgIpc) is 3.24. The van der Waals surface area contributed by atoms with Crippen molar-refractivity contribution < 1.29 is 14.3 Å². The number of nitrogens with one attached hydrogen (secondary N) is 1. The van der Waals surface area contributed by atoms with Crippen LogP contribution < -0.4 is 14.8 Å². The molecule has 1 aliphatic heterocycles. The van der Waals surface area contributed by atoms with Crippen molar-refractivity contribution in [1.82, 2.24) is 5.32 Å². The van der Waals surface area contributed by atoms with Crippen LogP contribution in [0.4, 0.5) is 0 Å². The lowest BCUT2D eigenvalue weighted by atomic mass is 9.82. The number of hydrogen-bond donors (Lipinski definition) is 1. The molecule has 2 atom stereocenters. The molecule has 1 N–H and O–H groups in total. The third-order valence-electron chi connectivity index (χ3n) is 6.14. The smallest absolute Gasteiger partial charge is 0.223 e. The zero-order valence-electron chi connectivity index (χ0n) is 16.8. The molecule has 0 aromatic heterocycles. The minimum Gasteiger partial charge on any atom is -0.493 e. The maximum atomic E-state index is 12.5. The van der Waals surface area contributed by atoms with Crippen molar-refractivity contribution in [3.05, 3.63) is 58.6 Å². The van der Waals surface area contributed by atoms with Gasteiger partial charge >= 0.3 is 0 Å². The summed E-state index contributed by atoms with van der Waals surface area (Å²) in [7, 11) is 1.68. The summed E-state index contributed by atoms with van der Waals surface area (Å²) in [4.78, 5) is 12.5. The Balaban J connectivity index is 1.51. The van der Waals surface area contributed by atoms with E-state index in [1.807, 2.05) is 30.3 Å². The first-order valence-electron chi connectivity index (χ1n) is 10.5. The van der Waals surface area contributed by atoms with Gasteiger partial charge in [0.2, 0.25) is 5.91 Å². The van der Waals surface area contributed by atoms with Gasteiger partial charge in [-0.1, -0.05) is 35.9 Å². The Morgan fingerprint density at radius 1 is 1.10 bits per heavy atom. The third-order valence-corrected chi connectivity index (χ3v) is 6.51. The van der Waals surface area contributed by atoms with E-state index in [0.717, 1.165) is 41.3 Å². The average molecular weight is 414 g/mol. The Bertz CT molecular complexity index is 863. The number of carbonyl (C=O) groups excluding carboxylic acids is 1. The van der Waals surface area contributed by atoms with Gasteiger partial charge in [0.1, 0.15) is 0 Å². The molecule has 4 rings (SSSR count). The third kappa shape index (κ3) is 4.69. The number of carbonyl (C=O) groups is 1. The minimum absolute atomic E-state index is 0.0880. The Morgan fingerprint density at radius 3 is 2.66 bits per heavy atom. The summed E-state index contributed by atoms with van der Waals surface area (Å²) in [6, 6.07) is 13.9. The molecule has 1 saturated heterocycles. The van der Waals surface area contributed by atoms with Crippen LogP contribution in [0.2, 0.25) is 5.02 Å². The van der Waals surface area contributed by atoms with E-state index in [1.165, 1.54) is 18.4 Å². The van der Waals surface area contributed by atoms with Gasteiger partial charge in [0.25, 0.3) is 0 Å². The summed E-state index contributed by atoms with van der Waals surface area (Å²) in [6.07, 6.45) is 6.39. The lowest BCUT2D eigenvalue weighted by Crippen LogP contribution is -2.41. The molecule has 0 spiro atoms. The van der Waals surface area contributed by atoms with Crippen LogP contribution in [0.15, 0.2) is 42.5 Å². The Labute approximate surface area is 177 Å². The van der Waals surface area contributed by atoms with E-state index in [4.69, 9.17) is 21.1 Å². The van der Waals surface area contributed by atoms with Crippen molar-refractivity contribution in [2.75, 3.05) is 13.7 Å². The molecule has 1 saturated carbocycles. The molecule has 2 aromatic carbocycles. The molecule has 1 heterocycles. The van der Waals surface area contributed by atoms with Crippen LogP contribution in [-0.2, 0) is 11.2 Å². The van der Waals surface area contributed by atoms with Crippen LogP contribution >= 0.6 is 11.6 Å². The standard InChI is InChI=1S/C24H28ClNO3/c1-28-22-11-10-16(14-23(22)29-20-7-3-4-8-20)19-13-18(24(27)26-15-19)12-17-6-2-5-9-21(17)25/h2,5-6,9-11,14,18-20H,3-4,7-8,12-13,15H2,1H3,(H,26,27)/t18-,19+/m0/s1. The van der Waals surface area contributed by atoms with E-state index < -0.39 is 0 Å². The van der Waals surface area contributed by atoms with Gasteiger partial charge in [0, 0.05) is 23.4 Å². The first-order chi connectivity index (χ1) is 14.1. The highest BCUT2D eigenvalue weighted by Crippen LogP contribution is 2.37. The summed E-state index contributed by atoms with van der Waals surface area (Å²) in [6.45, 7) is 0.646. The molecule has 0 radical (unpaired) electrons. The maximum absolute atomic E-state index is 12.5. The highest BCUT2D eigenvalue weighted by atomic mass is 35.5. The topological polar surface area (TPSA) is 47.6 Å². The first kappa shape index (κ1) is 20.1. The summed E-state index contributed by atoms with van der Waals surface area (Å²) < 4.78 is 11.8. The van der Waals surface area contributed by atoms with Crippen LogP contribution in [0.5, 0.6) is 11.5 Å². The zero-order valence-corrected chi connectivity index (χ0v) is 17.6. The molecular formula is C24H28ClNO3. The fraction of sp³-hybridized carbons (Fsp3) is 0.458. The summed E-state index contributed by atoms with van der Waals surface area (Å²) in [5, 5.41) is 3.81. The number of benzene rings is 2. The van der Waals surface area contributed by atoms with Crippen LogP contribution in [0, 0.1) is 5.92 Å². The van der Waals surface area contributed by atoms with E-state index >= 15 is 0 Å². The van der Waals surface area contributed by atoms with Crippen molar-refractivity contribution in [2.24, 2.45) is 5.92 Å². The van der Waals surface area contributed by atoms with Crippen molar-refractivity contribution in [3.8, 4) is 11.5 Å². The van der Waals surface area contributed by atoms with Crippen molar-refractivity contribution >= 4 is 17.5 Å². The minimum atomic E-state index is -0.0880. The highest BCUT2D eigenvalue weighted by Gasteiger charge is 2.30. The summed E-state index contributed by atoms with van der Waals surface area (Å²) in [5.41, 5.74) is 2.21. The van der Waals surface area contributed by atoms with Crippen molar-refractivity contribution in [2.45, 2.75) is 50.5 Å². The van der Waals surface area contributed by atoms with E-state index in [-0.39, 0.29) is 23.8 Å². The van der Waals surface area contributed by atoms with Crippen LogP contribution in [0.3, 0.4) is 0 Å². The number of rotatable bonds is 6. The van der Waals surface area contributed by atoms with Gasteiger partial charge in [0.15, 0.2) is 11.5 Å². The van der Waals surface area contributed by atoms with E-state index in [0.29, 0.717) is 13.0 Å². The summed E-state index contributed by atoms with van der Waals surface area (Å²) >= 11 is 6.32. The van der Waals surface area contributed by atoms with E-state index in [2.05, 4.69) is 17.4 Å². The largest absolute Gasteiger partial charge is 0.493 e. The van der Waals surface area contributed by atoms with Gasteiger partial charge in [-0.05, 0) is 67.9 Å². The van der Waals surface area contributed by atoms with Gasteiger partial charge in [-0.25, -0.2) is 0 Å². The van der Waals surface area contributed by atoms with Crippen molar-refractivity contribution in [1.29, 1.82) is 0 Å². The normalized spacial score (nSPS) is 22.3. The first-order valence-corrected chi connectivity index (χ1v) is 10.9. The molecule has 1 aliphatic carbocycles. The number of piperidine rings is 1. The van der Waals surface area contributed by atoms with E-state index in [1.54, 1.807) is 7.11 Å². The number of ether oxygens (including phenoxy) is 2. The molecule has 4 nitrogen and oxygen atoms in total. The molecule has 5 heteroatoms. The lowest BCUT2D eigenvalue weighted by molar-refractivity contribution is -0.126. The molecular weight excluding hydrogens is 386 g/mol. The molecule has 0 unspecified atom stereocenters. The maximum Gasteiger partial charge on any atom is 0.223 e. The molecule has 29 heavy (non-hydrogen) atoms. The molecule has 154 valence electrons. The van der Waals surface area contributed by atoms with Gasteiger partial charge in [-0.15, -0.1) is 0 Å². The second-order valence-electron chi connectivity index (χ2n) is 8.10. The second kappa shape index (κ2) is 9.08. The van der Waals surface area contributed by atoms with Crippen LogP contribution in [-0.4, -0.2) is 25.7 Å². The molecule has 2 aromatic rings. The van der Waals surface area contributed by atoms with Crippen LogP contribution in [0.1, 0.15) is 49.1 Å². The fourth-order valence-corrected chi connectivity index (χ4v) is 4.70. The number of methoxy groups -OCH3 is 1. The Hall–Kier alpha value is -2.20. The number of halogens is 1. The van der Waals surface area contributed by atoms with Gasteiger partial charge in [-0.2, -0.15) is 0 Å². The lowest BCUT2D eigenvalue weighted by Gasteiger charge is -2.30. The van der Waals surface area contributed by atoms with Gasteiger partial charge < -0.3 is 14.8 Å². The highest BCUT2D eigenvalue weighted by molar-refractivity contribution is 6.31. The molecule has 2 aliphatic rings. The van der Waals surface area contributed by atoms with Crippen LogP contribution in [0.25, 0.3) is 0 Å². The van der Waals surface area contributed by atoms with Gasteiger partial charge in [-0.3, -0.25) is 4.79 Å². The molecule has 1 amide bonds. The van der Waals surface area contributed by atoms with Crippen molar-refractivity contribution in [3.63, 3.8) is 0 Å². The summed E-state index contributed by atoms with van der Waals surface area (Å²) in [5.74, 6) is 1.86. The Kier molecular flexibility index (Phi) is 6.29. The fourth-order valence-electron chi connectivity index (χ4n) is 4.49. The monoisotopic (exact) mass is 413 g/mol.